The fourth-order valence-electron chi connectivity index (χ4n) is 2.23. The van der Waals surface area contributed by atoms with E-state index in [1.165, 1.54) is 6.07 Å². The van der Waals surface area contributed by atoms with E-state index in [1.807, 2.05) is 30.3 Å². The average Bonchev–Trinajstić information content (AvgIpc) is 2.52. The molecule has 0 radical (unpaired) electrons. The Balaban J connectivity index is 1.81. The maximum absolute atomic E-state index is 12.7. The van der Waals surface area contributed by atoms with E-state index in [4.69, 9.17) is 4.74 Å². The largest absolute Gasteiger partial charge is 0.489 e. The molecule has 3 aromatic rings. The van der Waals surface area contributed by atoms with Crippen molar-refractivity contribution in [2.75, 3.05) is 0 Å². The molecule has 4 heteroatoms. The van der Waals surface area contributed by atoms with Crippen molar-refractivity contribution in [3.8, 4) is 5.75 Å². The molecule has 0 unspecified atom stereocenters. The Morgan fingerprint density at radius 2 is 1.45 bits per heavy atom. The zero-order chi connectivity index (χ0) is 15.6. The van der Waals surface area contributed by atoms with E-state index in [-0.39, 0.29) is 0 Å². The monoisotopic (exact) mass is 302 g/mol. The lowest BCUT2D eigenvalue weighted by Gasteiger charge is -2.10. The van der Waals surface area contributed by atoms with Crippen molar-refractivity contribution in [3.63, 3.8) is 0 Å². The quantitative estimate of drug-likeness (QED) is 0.626. The first-order chi connectivity index (χ1) is 10.5. The molecule has 3 aromatic carbocycles. The number of rotatable bonds is 3. The Morgan fingerprint density at radius 1 is 0.773 bits per heavy atom. The summed E-state index contributed by atoms with van der Waals surface area (Å²) in [6.07, 6.45) is -4.32. The molecule has 0 heterocycles. The van der Waals surface area contributed by atoms with Gasteiger partial charge in [-0.15, -0.1) is 0 Å². The highest BCUT2D eigenvalue weighted by Crippen LogP contribution is 2.32. The number of halogens is 3. The lowest BCUT2D eigenvalue weighted by Crippen LogP contribution is -2.04. The van der Waals surface area contributed by atoms with Crippen LogP contribution in [0.3, 0.4) is 0 Å². The minimum Gasteiger partial charge on any atom is -0.489 e. The predicted octanol–water partition coefficient (Wildman–Crippen LogP) is 5.44. The Bertz CT molecular complexity index is 779. The molecule has 0 spiro atoms. The Morgan fingerprint density at radius 3 is 2.18 bits per heavy atom. The second-order valence-electron chi connectivity index (χ2n) is 5.00. The first kappa shape index (κ1) is 14.4. The van der Waals surface area contributed by atoms with Gasteiger partial charge in [0.25, 0.3) is 0 Å². The van der Waals surface area contributed by atoms with Crippen molar-refractivity contribution >= 4 is 10.8 Å². The van der Waals surface area contributed by atoms with E-state index in [1.54, 1.807) is 18.2 Å². The van der Waals surface area contributed by atoms with Crippen LogP contribution in [0.1, 0.15) is 11.1 Å². The van der Waals surface area contributed by atoms with Crippen LogP contribution in [0, 0.1) is 0 Å². The third-order valence-electron chi connectivity index (χ3n) is 3.39. The summed E-state index contributed by atoms with van der Waals surface area (Å²) in [4.78, 5) is 0. The van der Waals surface area contributed by atoms with Crippen LogP contribution in [-0.2, 0) is 12.8 Å². The van der Waals surface area contributed by atoms with Gasteiger partial charge in [-0.1, -0.05) is 42.5 Å². The third-order valence-corrected chi connectivity index (χ3v) is 3.39. The van der Waals surface area contributed by atoms with Crippen LogP contribution >= 0.6 is 0 Å². The normalized spacial score (nSPS) is 11.6. The molecule has 0 saturated carbocycles. The van der Waals surface area contributed by atoms with Crippen molar-refractivity contribution in [3.05, 3.63) is 77.9 Å². The smallest absolute Gasteiger partial charge is 0.416 e. The van der Waals surface area contributed by atoms with Gasteiger partial charge in [0.2, 0.25) is 0 Å². The summed E-state index contributed by atoms with van der Waals surface area (Å²) >= 11 is 0. The molecule has 0 aliphatic carbocycles. The van der Waals surface area contributed by atoms with Crippen molar-refractivity contribution < 1.29 is 17.9 Å². The maximum Gasteiger partial charge on any atom is 0.416 e. The van der Waals surface area contributed by atoms with Crippen LogP contribution in [0.2, 0.25) is 0 Å². The minimum atomic E-state index is -4.32. The third kappa shape index (κ3) is 3.22. The van der Waals surface area contributed by atoms with Gasteiger partial charge in [0.05, 0.1) is 5.56 Å². The summed E-state index contributed by atoms with van der Waals surface area (Å²) in [5.41, 5.74) is 0.396. The molecule has 0 atom stereocenters. The number of benzene rings is 3. The topological polar surface area (TPSA) is 9.23 Å². The summed E-state index contributed by atoms with van der Waals surface area (Å²) in [7, 11) is 0. The van der Waals surface area contributed by atoms with Gasteiger partial charge in [0.1, 0.15) is 12.4 Å². The molecule has 0 saturated heterocycles. The number of hydrogen-bond acceptors (Lipinski definition) is 1. The van der Waals surface area contributed by atoms with Gasteiger partial charge in [-0.3, -0.25) is 0 Å². The average molecular weight is 302 g/mol. The molecule has 0 N–H and O–H groups in total. The molecule has 3 rings (SSSR count). The Kier molecular flexibility index (Phi) is 3.75. The molecule has 0 aromatic heterocycles. The van der Waals surface area contributed by atoms with Crippen LogP contribution in [-0.4, -0.2) is 0 Å². The van der Waals surface area contributed by atoms with Gasteiger partial charge in [0, 0.05) is 0 Å². The SMILES string of the molecule is FC(F)(F)c1ccc2cc(OCc3ccccc3)ccc2c1. The molecule has 22 heavy (non-hydrogen) atoms. The van der Waals surface area contributed by atoms with Crippen LogP contribution in [0.15, 0.2) is 66.7 Å². The highest BCUT2D eigenvalue weighted by atomic mass is 19.4. The van der Waals surface area contributed by atoms with Gasteiger partial charge < -0.3 is 4.74 Å². The Labute approximate surface area is 126 Å². The van der Waals surface area contributed by atoms with Crippen LogP contribution in [0.25, 0.3) is 10.8 Å². The van der Waals surface area contributed by atoms with Crippen molar-refractivity contribution in [1.29, 1.82) is 0 Å². The summed E-state index contributed by atoms with van der Waals surface area (Å²) in [5.74, 6) is 0.635. The first-order valence-corrected chi connectivity index (χ1v) is 6.80. The number of hydrogen-bond donors (Lipinski definition) is 0. The molecule has 0 bridgehead atoms. The highest BCUT2D eigenvalue weighted by molar-refractivity contribution is 5.84. The highest BCUT2D eigenvalue weighted by Gasteiger charge is 2.30. The maximum atomic E-state index is 12.7. The second-order valence-corrected chi connectivity index (χ2v) is 5.00. The van der Waals surface area contributed by atoms with Gasteiger partial charge in [-0.2, -0.15) is 13.2 Å². The summed E-state index contributed by atoms with van der Waals surface area (Å²) < 4.78 is 43.7. The van der Waals surface area contributed by atoms with Crippen LogP contribution < -0.4 is 4.74 Å². The number of ether oxygens (including phenoxy) is 1. The molecule has 0 fully saturated rings. The van der Waals surface area contributed by atoms with Gasteiger partial charge in [0.15, 0.2) is 0 Å². The zero-order valence-electron chi connectivity index (χ0n) is 11.6. The summed E-state index contributed by atoms with van der Waals surface area (Å²) in [6, 6.07) is 18.5. The van der Waals surface area contributed by atoms with Gasteiger partial charge >= 0.3 is 6.18 Å². The molecular weight excluding hydrogens is 289 g/mol. The van der Waals surface area contributed by atoms with E-state index in [2.05, 4.69) is 0 Å². The van der Waals surface area contributed by atoms with E-state index in [0.29, 0.717) is 17.7 Å². The van der Waals surface area contributed by atoms with Crippen molar-refractivity contribution in [2.24, 2.45) is 0 Å². The predicted molar refractivity (Wildman–Crippen MR) is 79.7 cm³/mol. The van der Waals surface area contributed by atoms with E-state index in [9.17, 15) is 13.2 Å². The van der Waals surface area contributed by atoms with Crippen LogP contribution in [0.4, 0.5) is 13.2 Å². The van der Waals surface area contributed by atoms with Gasteiger partial charge in [-0.05, 0) is 40.6 Å². The second kappa shape index (κ2) is 5.72. The molecule has 0 aliphatic rings. The zero-order valence-corrected chi connectivity index (χ0v) is 11.6. The summed E-state index contributed by atoms with van der Waals surface area (Å²) in [5, 5.41) is 1.26. The van der Waals surface area contributed by atoms with Gasteiger partial charge in [-0.25, -0.2) is 0 Å². The molecule has 1 nitrogen and oxygen atoms in total. The molecule has 0 aliphatic heterocycles. The molecule has 112 valence electrons. The molecule has 0 amide bonds. The lowest BCUT2D eigenvalue weighted by molar-refractivity contribution is -0.137. The fourth-order valence-corrected chi connectivity index (χ4v) is 2.23. The van der Waals surface area contributed by atoms with E-state index < -0.39 is 11.7 Å². The standard InChI is InChI=1S/C18H13F3O/c19-18(20,21)16-8-6-15-11-17(9-7-14(15)10-16)22-12-13-4-2-1-3-5-13/h1-11H,12H2. The minimum absolute atomic E-state index is 0.424. The van der Waals surface area contributed by atoms with E-state index >= 15 is 0 Å². The van der Waals surface area contributed by atoms with Crippen molar-refractivity contribution in [2.45, 2.75) is 12.8 Å². The number of alkyl halides is 3. The molecular formula is C18H13F3O. The van der Waals surface area contributed by atoms with Crippen LogP contribution in [0.5, 0.6) is 5.75 Å². The first-order valence-electron chi connectivity index (χ1n) is 6.80. The number of fused-ring (bicyclic) bond motifs is 1. The summed E-state index contributed by atoms with van der Waals surface area (Å²) in [6.45, 7) is 0.424. The Hall–Kier alpha value is -2.49. The fraction of sp³-hybridized carbons (Fsp3) is 0.111. The van der Waals surface area contributed by atoms with E-state index in [0.717, 1.165) is 23.1 Å². The van der Waals surface area contributed by atoms with Crippen molar-refractivity contribution in [1.82, 2.24) is 0 Å². The lowest BCUT2D eigenvalue weighted by atomic mass is 10.1.